The number of amides is 1. The quantitative estimate of drug-likeness (QED) is 0.579. The number of nitrogens with zero attached hydrogens (tertiary/aromatic N) is 4. The maximum absolute atomic E-state index is 12.9. The van der Waals surface area contributed by atoms with E-state index < -0.39 is 0 Å². The number of carbonyl (C=O) groups is 1. The van der Waals surface area contributed by atoms with Gasteiger partial charge in [-0.15, -0.1) is 0 Å². The second kappa shape index (κ2) is 5.49. The summed E-state index contributed by atoms with van der Waals surface area (Å²) < 4.78 is 5.92. The average Bonchev–Trinajstić information content (AvgIpc) is 3.11. The summed E-state index contributed by atoms with van der Waals surface area (Å²) in [5.41, 5.74) is 2.53. The molecule has 0 saturated carbocycles. The normalized spacial score (nSPS) is 17.5. The Kier molecular flexibility index (Phi) is 3.57. The molecule has 0 bridgehead atoms. The molecule has 5 nitrogen and oxygen atoms in total. The molecule has 1 unspecified atom stereocenters. The Bertz CT molecular complexity index is 914. The van der Waals surface area contributed by atoms with E-state index in [4.69, 9.17) is 0 Å². The van der Waals surface area contributed by atoms with Crippen LogP contribution in [0.15, 0.2) is 45.6 Å². The van der Waals surface area contributed by atoms with Crippen LogP contribution in [0.2, 0.25) is 0 Å². The van der Waals surface area contributed by atoms with Crippen LogP contribution in [0, 0.1) is 0 Å². The number of rotatable bonds is 1. The van der Waals surface area contributed by atoms with Crippen molar-refractivity contribution in [3.63, 3.8) is 0 Å². The van der Waals surface area contributed by atoms with Crippen molar-refractivity contribution in [2.24, 2.45) is 0 Å². The van der Waals surface area contributed by atoms with Crippen LogP contribution in [-0.4, -0.2) is 31.5 Å². The Balaban J connectivity index is 1.68. The molecule has 0 saturated heterocycles. The lowest BCUT2D eigenvalue weighted by atomic mass is 10.1. The molecule has 1 atom stereocenters. The number of halogens is 2. The van der Waals surface area contributed by atoms with Crippen molar-refractivity contribution in [2.75, 3.05) is 6.54 Å². The number of aromatic nitrogens is 3. The lowest BCUT2D eigenvalue weighted by Gasteiger charge is -2.34. The van der Waals surface area contributed by atoms with E-state index in [0.717, 1.165) is 26.8 Å². The van der Waals surface area contributed by atoms with E-state index in [-0.39, 0.29) is 11.9 Å². The van der Waals surface area contributed by atoms with Gasteiger partial charge < -0.3 is 9.47 Å². The average molecular weight is 438 g/mol. The van der Waals surface area contributed by atoms with Gasteiger partial charge in [-0.2, -0.15) is 5.10 Å². The lowest BCUT2D eigenvalue weighted by Crippen LogP contribution is -2.41. The van der Waals surface area contributed by atoms with Gasteiger partial charge in [-0.3, -0.25) is 4.79 Å². The predicted molar refractivity (Wildman–Crippen MR) is 94.5 cm³/mol. The molecule has 1 amide bonds. The molecule has 0 aliphatic carbocycles. The zero-order chi connectivity index (χ0) is 16.1. The molecule has 1 aliphatic rings. The van der Waals surface area contributed by atoms with Gasteiger partial charge in [-0.05, 0) is 69.1 Å². The summed E-state index contributed by atoms with van der Waals surface area (Å²) in [6.45, 7) is 3.53. The number of hydrogen-bond donors (Lipinski definition) is 0. The number of fused-ring (bicyclic) bond motifs is 2. The zero-order valence-electron chi connectivity index (χ0n) is 12.4. The first kappa shape index (κ1) is 15.0. The zero-order valence-corrected chi connectivity index (χ0v) is 15.6. The van der Waals surface area contributed by atoms with E-state index in [1.54, 1.807) is 4.52 Å². The molecular formula is C16H14Br2N4O. The van der Waals surface area contributed by atoms with Gasteiger partial charge in [0.15, 0.2) is 5.69 Å². The van der Waals surface area contributed by atoms with Crippen LogP contribution >= 0.6 is 31.9 Å². The van der Waals surface area contributed by atoms with E-state index in [1.807, 2.05) is 35.4 Å². The lowest BCUT2D eigenvalue weighted by molar-refractivity contribution is 0.0636. The van der Waals surface area contributed by atoms with Crippen molar-refractivity contribution in [1.29, 1.82) is 0 Å². The Labute approximate surface area is 150 Å². The fraction of sp³-hybridized carbons (Fsp3) is 0.250. The van der Waals surface area contributed by atoms with Crippen molar-refractivity contribution in [1.82, 2.24) is 19.1 Å². The molecule has 0 radical (unpaired) electrons. The largest absolute Gasteiger partial charge is 0.336 e. The van der Waals surface area contributed by atoms with Crippen LogP contribution in [0.25, 0.3) is 5.52 Å². The van der Waals surface area contributed by atoms with E-state index in [2.05, 4.69) is 54.5 Å². The van der Waals surface area contributed by atoms with Crippen molar-refractivity contribution >= 4 is 43.3 Å². The molecule has 23 heavy (non-hydrogen) atoms. The van der Waals surface area contributed by atoms with Crippen LogP contribution in [-0.2, 0) is 6.54 Å². The summed E-state index contributed by atoms with van der Waals surface area (Å²) in [7, 11) is 0. The van der Waals surface area contributed by atoms with Crippen molar-refractivity contribution in [3.05, 3.63) is 57.0 Å². The summed E-state index contributed by atoms with van der Waals surface area (Å²) in [4.78, 5) is 14.8. The Hall–Kier alpha value is -1.60. The molecule has 0 fully saturated rings. The Morgan fingerprint density at radius 2 is 2.04 bits per heavy atom. The molecule has 3 aromatic heterocycles. The van der Waals surface area contributed by atoms with Crippen molar-refractivity contribution in [2.45, 2.75) is 19.5 Å². The van der Waals surface area contributed by atoms with Gasteiger partial charge in [0.2, 0.25) is 0 Å². The first-order valence-electron chi connectivity index (χ1n) is 7.35. The van der Waals surface area contributed by atoms with E-state index in [1.165, 1.54) is 0 Å². The SMILES string of the molecule is CC1c2ccc(Br)n2CCN1C(=O)c1cc2ccc(Br)cn2n1. The molecule has 7 heteroatoms. The fourth-order valence-corrected chi connectivity index (χ4v) is 3.95. The molecule has 1 aliphatic heterocycles. The third-order valence-electron chi connectivity index (χ3n) is 4.32. The molecule has 0 spiro atoms. The maximum Gasteiger partial charge on any atom is 0.275 e. The number of hydrogen-bond acceptors (Lipinski definition) is 2. The van der Waals surface area contributed by atoms with Crippen LogP contribution in [0.4, 0.5) is 0 Å². The molecule has 4 rings (SSSR count). The highest BCUT2D eigenvalue weighted by Gasteiger charge is 2.30. The summed E-state index contributed by atoms with van der Waals surface area (Å²) in [6.07, 6.45) is 1.86. The highest BCUT2D eigenvalue weighted by atomic mass is 79.9. The first-order chi connectivity index (χ1) is 11.0. The molecule has 4 heterocycles. The topological polar surface area (TPSA) is 42.5 Å². The molecule has 118 valence electrons. The van der Waals surface area contributed by atoms with Gasteiger partial charge in [0.05, 0.1) is 16.2 Å². The predicted octanol–water partition coefficient (Wildman–Crippen LogP) is 3.88. The van der Waals surface area contributed by atoms with Crippen molar-refractivity contribution < 1.29 is 4.79 Å². The van der Waals surface area contributed by atoms with Crippen LogP contribution < -0.4 is 0 Å². The fourth-order valence-electron chi connectivity index (χ4n) is 3.11. The van der Waals surface area contributed by atoms with Crippen LogP contribution in [0.5, 0.6) is 0 Å². The Morgan fingerprint density at radius 3 is 2.87 bits per heavy atom. The highest BCUT2D eigenvalue weighted by molar-refractivity contribution is 9.10. The third kappa shape index (κ3) is 2.42. The minimum Gasteiger partial charge on any atom is -0.336 e. The summed E-state index contributed by atoms with van der Waals surface area (Å²) in [6, 6.07) is 9.84. The molecule has 0 N–H and O–H groups in total. The third-order valence-corrected chi connectivity index (χ3v) is 5.49. The summed E-state index contributed by atoms with van der Waals surface area (Å²) in [5, 5.41) is 4.42. The van der Waals surface area contributed by atoms with Gasteiger partial charge in [-0.1, -0.05) is 0 Å². The van der Waals surface area contributed by atoms with Gasteiger partial charge in [0, 0.05) is 29.5 Å². The second-order valence-corrected chi connectivity index (χ2v) is 7.38. The number of carbonyl (C=O) groups excluding carboxylic acids is 1. The Morgan fingerprint density at radius 1 is 1.22 bits per heavy atom. The molecule has 3 aromatic rings. The highest BCUT2D eigenvalue weighted by Crippen LogP contribution is 2.30. The van der Waals surface area contributed by atoms with Gasteiger partial charge in [0.25, 0.3) is 5.91 Å². The van der Waals surface area contributed by atoms with E-state index in [9.17, 15) is 4.79 Å². The summed E-state index contributed by atoms with van der Waals surface area (Å²) in [5.74, 6) is -0.0269. The molecular weight excluding hydrogens is 424 g/mol. The second-order valence-electron chi connectivity index (χ2n) is 5.65. The van der Waals surface area contributed by atoms with Gasteiger partial charge >= 0.3 is 0 Å². The minimum absolute atomic E-state index is 0.0269. The molecule has 0 aromatic carbocycles. The van der Waals surface area contributed by atoms with E-state index in [0.29, 0.717) is 12.2 Å². The first-order valence-corrected chi connectivity index (χ1v) is 8.94. The van der Waals surface area contributed by atoms with Crippen molar-refractivity contribution in [3.8, 4) is 0 Å². The number of pyridine rings is 1. The standard InChI is InChI=1S/C16H14Br2N4O/c1-10-14-4-5-15(18)21(14)7-6-20(10)16(23)13-8-12-3-2-11(17)9-22(12)19-13/h2-5,8-10H,6-7H2,1H3. The summed E-state index contributed by atoms with van der Waals surface area (Å²) >= 11 is 6.97. The minimum atomic E-state index is -0.0269. The smallest absolute Gasteiger partial charge is 0.275 e. The van der Waals surface area contributed by atoms with Gasteiger partial charge in [-0.25, -0.2) is 4.52 Å². The maximum atomic E-state index is 12.9. The monoisotopic (exact) mass is 436 g/mol. The van der Waals surface area contributed by atoms with Gasteiger partial charge in [0.1, 0.15) is 0 Å². The van der Waals surface area contributed by atoms with E-state index >= 15 is 0 Å². The van der Waals surface area contributed by atoms with Crippen LogP contribution in [0.3, 0.4) is 0 Å². The van der Waals surface area contributed by atoms with Crippen LogP contribution in [0.1, 0.15) is 29.1 Å².